The fourth-order valence-electron chi connectivity index (χ4n) is 3.91. The maximum atomic E-state index is 12.3. The first-order valence-electron chi connectivity index (χ1n) is 9.07. The van der Waals surface area contributed by atoms with Crippen LogP contribution in [-0.2, 0) is 7.05 Å². The van der Waals surface area contributed by atoms with Crippen molar-refractivity contribution in [2.45, 2.75) is 50.6 Å². The van der Waals surface area contributed by atoms with Crippen molar-refractivity contribution in [1.29, 1.82) is 0 Å². The van der Waals surface area contributed by atoms with Crippen molar-refractivity contribution in [3.05, 3.63) is 12.4 Å². The molecule has 7 heteroatoms. The van der Waals surface area contributed by atoms with Gasteiger partial charge < -0.3 is 20.6 Å². The van der Waals surface area contributed by atoms with E-state index >= 15 is 0 Å². The Hall–Kier alpha value is -1.76. The van der Waals surface area contributed by atoms with Crippen LogP contribution in [0, 0.1) is 5.92 Å². The number of urea groups is 1. The summed E-state index contributed by atoms with van der Waals surface area (Å²) in [5.41, 5.74) is 1.11. The molecule has 2 aliphatic rings. The number of aliphatic hydroxyl groups is 1. The Morgan fingerprint density at radius 2 is 2.12 bits per heavy atom. The average molecular weight is 335 g/mol. The molecule has 2 fully saturated rings. The van der Waals surface area contributed by atoms with Gasteiger partial charge in [-0.1, -0.05) is 12.8 Å². The maximum absolute atomic E-state index is 12.3. The molecule has 0 bridgehead atoms. The number of carbonyl (C=O) groups is 1. The van der Waals surface area contributed by atoms with E-state index in [0.29, 0.717) is 0 Å². The van der Waals surface area contributed by atoms with Crippen LogP contribution in [0.4, 0.5) is 10.5 Å². The summed E-state index contributed by atoms with van der Waals surface area (Å²) in [5, 5.41) is 19.9. The number of aliphatic hydroxyl groups excluding tert-OH is 1. The van der Waals surface area contributed by atoms with Gasteiger partial charge in [0, 0.05) is 50.9 Å². The van der Waals surface area contributed by atoms with E-state index in [0.717, 1.165) is 57.3 Å². The first-order valence-corrected chi connectivity index (χ1v) is 9.07. The zero-order chi connectivity index (χ0) is 16.9. The standard InChI is InChI=1S/C17H29N5O2/c1-21-11-15(9-18-21)22-8-4-6-14(10-22)19-17(24)20-16-7-3-2-5-13(16)12-23/h9,11,13-14,16,23H,2-8,10,12H2,1H3,(H2,19,20,24)/t13-,14-,16-/m0/s1. The molecule has 0 aromatic carbocycles. The number of nitrogens with one attached hydrogen (secondary N) is 2. The number of nitrogens with zero attached hydrogens (tertiary/aromatic N) is 3. The molecule has 1 saturated heterocycles. The Labute approximate surface area is 143 Å². The quantitative estimate of drug-likeness (QED) is 0.773. The third-order valence-corrected chi connectivity index (χ3v) is 5.27. The Balaban J connectivity index is 1.50. The molecule has 1 aliphatic heterocycles. The van der Waals surface area contributed by atoms with E-state index < -0.39 is 0 Å². The molecule has 3 rings (SSSR count). The number of carbonyl (C=O) groups excluding carboxylic acids is 1. The number of anilines is 1. The molecule has 134 valence electrons. The molecule has 1 saturated carbocycles. The van der Waals surface area contributed by atoms with Crippen molar-refractivity contribution in [2.75, 3.05) is 24.6 Å². The fraction of sp³-hybridized carbons (Fsp3) is 0.765. The van der Waals surface area contributed by atoms with E-state index in [2.05, 4.69) is 20.6 Å². The number of hydrogen-bond acceptors (Lipinski definition) is 4. The number of hydrogen-bond donors (Lipinski definition) is 3. The SMILES string of the molecule is Cn1cc(N2CCC[C@H](NC(=O)N[C@H]3CCCC[C@H]3CO)C2)cn1. The van der Waals surface area contributed by atoms with Crippen LogP contribution in [0.1, 0.15) is 38.5 Å². The van der Waals surface area contributed by atoms with Crippen LogP contribution in [0.3, 0.4) is 0 Å². The Morgan fingerprint density at radius 3 is 2.88 bits per heavy atom. The van der Waals surface area contributed by atoms with Gasteiger partial charge >= 0.3 is 6.03 Å². The summed E-state index contributed by atoms with van der Waals surface area (Å²) in [6, 6.07) is 0.148. The van der Waals surface area contributed by atoms with Crippen molar-refractivity contribution in [3.8, 4) is 0 Å². The zero-order valence-electron chi connectivity index (χ0n) is 14.4. The maximum Gasteiger partial charge on any atom is 0.315 e. The molecule has 1 aromatic heterocycles. The minimum atomic E-state index is -0.0987. The van der Waals surface area contributed by atoms with Crippen LogP contribution in [0.5, 0.6) is 0 Å². The highest BCUT2D eigenvalue weighted by Gasteiger charge is 2.27. The predicted octanol–water partition coefficient (Wildman–Crippen LogP) is 1.24. The third kappa shape index (κ3) is 4.20. The lowest BCUT2D eigenvalue weighted by atomic mass is 9.85. The van der Waals surface area contributed by atoms with Crippen LogP contribution in [0.15, 0.2) is 12.4 Å². The topological polar surface area (TPSA) is 82.4 Å². The Kier molecular flexibility index (Phi) is 5.60. The van der Waals surface area contributed by atoms with Crippen molar-refractivity contribution in [2.24, 2.45) is 13.0 Å². The van der Waals surface area contributed by atoms with E-state index in [9.17, 15) is 9.90 Å². The van der Waals surface area contributed by atoms with Gasteiger partial charge in [-0.2, -0.15) is 5.10 Å². The molecular formula is C17H29N5O2. The van der Waals surface area contributed by atoms with Gasteiger partial charge in [0.15, 0.2) is 0 Å². The van der Waals surface area contributed by atoms with Crippen LogP contribution in [0.2, 0.25) is 0 Å². The number of rotatable bonds is 4. The van der Waals surface area contributed by atoms with Crippen LogP contribution in [-0.4, -0.2) is 52.7 Å². The van der Waals surface area contributed by atoms with Gasteiger partial charge in [-0.25, -0.2) is 4.79 Å². The molecule has 3 N–H and O–H groups in total. The number of aromatic nitrogens is 2. The summed E-state index contributed by atoms with van der Waals surface area (Å²) in [6.07, 6.45) is 10.2. The predicted molar refractivity (Wildman–Crippen MR) is 92.9 cm³/mol. The lowest BCUT2D eigenvalue weighted by molar-refractivity contribution is 0.153. The monoisotopic (exact) mass is 335 g/mol. The highest BCUT2D eigenvalue weighted by atomic mass is 16.3. The number of piperidine rings is 1. The van der Waals surface area contributed by atoms with E-state index in [1.54, 1.807) is 4.68 Å². The number of amides is 2. The van der Waals surface area contributed by atoms with E-state index in [4.69, 9.17) is 0 Å². The molecule has 0 spiro atoms. The number of aryl methyl sites for hydroxylation is 1. The summed E-state index contributed by atoms with van der Waals surface area (Å²) in [5.74, 6) is 0.197. The summed E-state index contributed by atoms with van der Waals surface area (Å²) < 4.78 is 1.80. The minimum Gasteiger partial charge on any atom is -0.396 e. The van der Waals surface area contributed by atoms with Gasteiger partial charge in [-0.3, -0.25) is 4.68 Å². The molecule has 2 amide bonds. The normalized spacial score (nSPS) is 27.8. The van der Waals surface area contributed by atoms with Gasteiger partial charge in [-0.15, -0.1) is 0 Å². The second-order valence-electron chi connectivity index (χ2n) is 7.11. The van der Waals surface area contributed by atoms with Crippen molar-refractivity contribution in [1.82, 2.24) is 20.4 Å². The molecule has 0 radical (unpaired) electrons. The zero-order valence-corrected chi connectivity index (χ0v) is 14.4. The molecule has 24 heavy (non-hydrogen) atoms. The average Bonchev–Trinajstić information content (AvgIpc) is 3.02. The highest BCUT2D eigenvalue weighted by molar-refractivity contribution is 5.74. The van der Waals surface area contributed by atoms with Crippen molar-refractivity contribution in [3.63, 3.8) is 0 Å². The molecule has 2 heterocycles. The minimum absolute atomic E-state index is 0.0987. The second kappa shape index (κ2) is 7.88. The summed E-state index contributed by atoms with van der Waals surface area (Å²) >= 11 is 0. The van der Waals surface area contributed by atoms with Crippen molar-refractivity contribution < 1.29 is 9.90 Å². The lowest BCUT2D eigenvalue weighted by Crippen LogP contribution is -2.54. The Bertz CT molecular complexity index is 547. The van der Waals surface area contributed by atoms with E-state index in [1.807, 2.05) is 19.4 Å². The Morgan fingerprint density at radius 1 is 1.29 bits per heavy atom. The van der Waals surface area contributed by atoms with Gasteiger partial charge in [0.25, 0.3) is 0 Å². The molecule has 1 aliphatic carbocycles. The molecular weight excluding hydrogens is 306 g/mol. The highest BCUT2D eigenvalue weighted by Crippen LogP contribution is 2.24. The first-order chi connectivity index (χ1) is 11.7. The van der Waals surface area contributed by atoms with Gasteiger partial charge in [0.1, 0.15) is 0 Å². The van der Waals surface area contributed by atoms with Gasteiger partial charge in [0.05, 0.1) is 11.9 Å². The van der Waals surface area contributed by atoms with Gasteiger partial charge in [-0.05, 0) is 25.7 Å². The largest absolute Gasteiger partial charge is 0.396 e. The lowest BCUT2D eigenvalue weighted by Gasteiger charge is -2.35. The summed E-state index contributed by atoms with van der Waals surface area (Å²) in [7, 11) is 1.92. The third-order valence-electron chi connectivity index (χ3n) is 5.27. The van der Waals surface area contributed by atoms with Crippen molar-refractivity contribution >= 4 is 11.7 Å². The molecule has 1 aromatic rings. The second-order valence-corrected chi connectivity index (χ2v) is 7.11. The summed E-state index contributed by atoms with van der Waals surface area (Å²) in [6.45, 7) is 1.97. The van der Waals surface area contributed by atoms with E-state index in [-0.39, 0.29) is 30.6 Å². The van der Waals surface area contributed by atoms with Crippen LogP contribution in [0.25, 0.3) is 0 Å². The van der Waals surface area contributed by atoms with Crippen LogP contribution >= 0.6 is 0 Å². The fourth-order valence-corrected chi connectivity index (χ4v) is 3.91. The summed E-state index contributed by atoms with van der Waals surface area (Å²) in [4.78, 5) is 14.6. The van der Waals surface area contributed by atoms with Gasteiger partial charge in [0.2, 0.25) is 0 Å². The molecule has 0 unspecified atom stereocenters. The first kappa shape index (κ1) is 17.1. The van der Waals surface area contributed by atoms with E-state index in [1.165, 1.54) is 0 Å². The molecule has 7 nitrogen and oxygen atoms in total. The smallest absolute Gasteiger partial charge is 0.315 e. The van der Waals surface area contributed by atoms with Crippen LogP contribution < -0.4 is 15.5 Å². The molecule has 3 atom stereocenters.